The van der Waals surface area contributed by atoms with Crippen molar-refractivity contribution in [2.45, 2.75) is 52.6 Å². The third-order valence-corrected chi connectivity index (χ3v) is 3.98. The molecule has 2 unspecified atom stereocenters. The van der Waals surface area contributed by atoms with E-state index in [2.05, 4.69) is 48.2 Å². The van der Waals surface area contributed by atoms with Crippen LogP contribution in [-0.2, 0) is 0 Å². The molecule has 2 N–H and O–H groups in total. The van der Waals surface area contributed by atoms with Crippen molar-refractivity contribution in [2.24, 2.45) is 16.8 Å². The lowest BCUT2D eigenvalue weighted by atomic mass is 10.1. The third-order valence-electron chi connectivity index (χ3n) is 3.98. The lowest BCUT2D eigenvalue weighted by Gasteiger charge is -2.20. The second-order valence-corrected chi connectivity index (χ2v) is 6.53. The molecule has 0 aromatic heterocycles. The fourth-order valence-electron chi connectivity index (χ4n) is 2.70. The normalized spacial score (nSPS) is 29.0. The van der Waals surface area contributed by atoms with E-state index in [0.29, 0.717) is 17.9 Å². The van der Waals surface area contributed by atoms with Crippen LogP contribution in [0.1, 0.15) is 40.5 Å². The molecule has 4 heteroatoms. The topological polar surface area (TPSA) is 39.7 Å². The second-order valence-electron chi connectivity index (χ2n) is 6.53. The first-order valence-corrected chi connectivity index (χ1v) is 7.89. The van der Waals surface area contributed by atoms with Crippen molar-refractivity contribution in [1.29, 1.82) is 0 Å². The molecule has 110 valence electrons. The predicted octanol–water partition coefficient (Wildman–Crippen LogP) is 1.68. The third kappa shape index (κ3) is 4.37. The molecule has 0 bridgehead atoms. The molecule has 1 heterocycles. The van der Waals surface area contributed by atoms with Crippen LogP contribution in [0.3, 0.4) is 0 Å². The van der Waals surface area contributed by atoms with Gasteiger partial charge in [-0.2, -0.15) is 0 Å². The zero-order chi connectivity index (χ0) is 13.8. The van der Waals surface area contributed by atoms with Crippen LogP contribution in [0.15, 0.2) is 4.99 Å². The molecule has 0 amide bonds. The van der Waals surface area contributed by atoms with E-state index in [1.807, 2.05) is 0 Å². The van der Waals surface area contributed by atoms with Gasteiger partial charge in [0.15, 0.2) is 5.96 Å². The highest BCUT2D eigenvalue weighted by atomic mass is 15.3. The lowest BCUT2D eigenvalue weighted by Crippen LogP contribution is -2.46. The van der Waals surface area contributed by atoms with Crippen molar-refractivity contribution in [3.05, 3.63) is 0 Å². The number of nitrogens with one attached hydrogen (secondary N) is 2. The molecular formula is C15H30N4. The van der Waals surface area contributed by atoms with Gasteiger partial charge >= 0.3 is 0 Å². The largest absolute Gasteiger partial charge is 0.357 e. The molecule has 0 aromatic carbocycles. The van der Waals surface area contributed by atoms with Gasteiger partial charge in [-0.3, -0.25) is 9.89 Å². The first-order valence-electron chi connectivity index (χ1n) is 7.89. The van der Waals surface area contributed by atoms with Crippen LogP contribution in [-0.4, -0.2) is 49.1 Å². The summed E-state index contributed by atoms with van der Waals surface area (Å²) in [7, 11) is 0. The Bertz CT molecular complexity index is 309. The Kier molecular flexibility index (Phi) is 5.08. The summed E-state index contributed by atoms with van der Waals surface area (Å²) in [5.74, 6) is 2.31. The van der Waals surface area contributed by atoms with Gasteiger partial charge < -0.3 is 10.6 Å². The zero-order valence-corrected chi connectivity index (χ0v) is 12.9. The average molecular weight is 266 g/mol. The quantitative estimate of drug-likeness (QED) is 0.587. The van der Waals surface area contributed by atoms with Crippen LogP contribution in [0.4, 0.5) is 0 Å². The standard InChI is InChI=1S/C15H30N4/c1-5-16-15(17-8-11(2)3)18-14-10-19(9-12(14)4)13-6-7-13/h11-14H,5-10H2,1-4H3,(H2,16,17,18). The van der Waals surface area contributed by atoms with Gasteiger partial charge in [0.2, 0.25) is 0 Å². The molecule has 1 aliphatic carbocycles. The lowest BCUT2D eigenvalue weighted by molar-refractivity contribution is 0.315. The van der Waals surface area contributed by atoms with E-state index in [4.69, 9.17) is 0 Å². The monoisotopic (exact) mass is 266 g/mol. The summed E-state index contributed by atoms with van der Waals surface area (Å²) in [5, 5.41) is 7.00. The summed E-state index contributed by atoms with van der Waals surface area (Å²) < 4.78 is 0. The van der Waals surface area contributed by atoms with Gasteiger partial charge in [0, 0.05) is 38.3 Å². The van der Waals surface area contributed by atoms with E-state index < -0.39 is 0 Å². The molecule has 0 radical (unpaired) electrons. The maximum absolute atomic E-state index is 4.67. The molecule has 4 nitrogen and oxygen atoms in total. The molecule has 2 fully saturated rings. The van der Waals surface area contributed by atoms with Crippen molar-refractivity contribution < 1.29 is 0 Å². The number of hydrogen-bond acceptors (Lipinski definition) is 2. The number of guanidine groups is 1. The van der Waals surface area contributed by atoms with Crippen molar-refractivity contribution >= 4 is 5.96 Å². The number of hydrogen-bond donors (Lipinski definition) is 2. The van der Waals surface area contributed by atoms with Crippen molar-refractivity contribution in [3.63, 3.8) is 0 Å². The predicted molar refractivity (Wildman–Crippen MR) is 81.5 cm³/mol. The molecule has 0 spiro atoms. The molecule has 0 aromatic rings. The molecule has 2 rings (SSSR count). The van der Waals surface area contributed by atoms with E-state index in [1.54, 1.807) is 0 Å². The van der Waals surface area contributed by atoms with E-state index in [1.165, 1.54) is 25.9 Å². The highest BCUT2D eigenvalue weighted by Gasteiger charge is 2.38. The van der Waals surface area contributed by atoms with Crippen LogP contribution in [0.2, 0.25) is 0 Å². The zero-order valence-electron chi connectivity index (χ0n) is 12.9. The van der Waals surface area contributed by atoms with Gasteiger partial charge in [-0.15, -0.1) is 0 Å². The maximum Gasteiger partial charge on any atom is 0.191 e. The Hall–Kier alpha value is -0.770. The number of rotatable bonds is 5. The second kappa shape index (κ2) is 6.60. The Morgan fingerprint density at radius 2 is 2.05 bits per heavy atom. The number of likely N-dealkylation sites (tertiary alicyclic amines) is 1. The van der Waals surface area contributed by atoms with Crippen molar-refractivity contribution in [1.82, 2.24) is 15.5 Å². The fourth-order valence-corrected chi connectivity index (χ4v) is 2.70. The minimum Gasteiger partial charge on any atom is -0.357 e. The van der Waals surface area contributed by atoms with Crippen LogP contribution in [0, 0.1) is 11.8 Å². The summed E-state index contributed by atoms with van der Waals surface area (Å²) >= 11 is 0. The summed E-state index contributed by atoms with van der Waals surface area (Å²) in [6.45, 7) is 13.1. The van der Waals surface area contributed by atoms with E-state index in [9.17, 15) is 0 Å². The highest BCUT2D eigenvalue weighted by Crippen LogP contribution is 2.31. The van der Waals surface area contributed by atoms with Gasteiger partial charge in [-0.05, 0) is 31.6 Å². The molecule has 1 saturated carbocycles. The van der Waals surface area contributed by atoms with Gasteiger partial charge in [0.05, 0.1) is 0 Å². The van der Waals surface area contributed by atoms with Gasteiger partial charge in [0.25, 0.3) is 0 Å². The molecule has 1 saturated heterocycles. The Balaban J connectivity index is 1.87. The minimum absolute atomic E-state index is 0.547. The Labute approximate surface area is 118 Å². The van der Waals surface area contributed by atoms with E-state index in [0.717, 1.165) is 25.1 Å². The van der Waals surface area contributed by atoms with E-state index >= 15 is 0 Å². The SMILES string of the molecule is CCNC(=NCC(C)C)NC1CN(C2CC2)CC1C. The molecular weight excluding hydrogens is 236 g/mol. The molecule has 1 aliphatic heterocycles. The summed E-state index contributed by atoms with van der Waals surface area (Å²) in [6.07, 6.45) is 2.81. The highest BCUT2D eigenvalue weighted by molar-refractivity contribution is 5.80. The minimum atomic E-state index is 0.547. The van der Waals surface area contributed by atoms with Crippen LogP contribution in [0.25, 0.3) is 0 Å². The Morgan fingerprint density at radius 3 is 2.63 bits per heavy atom. The van der Waals surface area contributed by atoms with Gasteiger partial charge in [-0.1, -0.05) is 20.8 Å². The van der Waals surface area contributed by atoms with Crippen molar-refractivity contribution in [2.75, 3.05) is 26.2 Å². The average Bonchev–Trinajstić information content (AvgIpc) is 3.13. The summed E-state index contributed by atoms with van der Waals surface area (Å²) in [5.41, 5.74) is 0. The number of nitrogens with zero attached hydrogens (tertiary/aromatic N) is 2. The summed E-state index contributed by atoms with van der Waals surface area (Å²) in [4.78, 5) is 7.32. The first kappa shape index (κ1) is 14.6. The molecule has 2 aliphatic rings. The van der Waals surface area contributed by atoms with Crippen LogP contribution < -0.4 is 10.6 Å². The van der Waals surface area contributed by atoms with Crippen molar-refractivity contribution in [3.8, 4) is 0 Å². The van der Waals surface area contributed by atoms with Crippen LogP contribution in [0.5, 0.6) is 0 Å². The fraction of sp³-hybridized carbons (Fsp3) is 0.933. The van der Waals surface area contributed by atoms with Gasteiger partial charge in [-0.25, -0.2) is 0 Å². The molecule has 2 atom stereocenters. The van der Waals surface area contributed by atoms with Gasteiger partial charge in [0.1, 0.15) is 0 Å². The molecule has 19 heavy (non-hydrogen) atoms. The maximum atomic E-state index is 4.67. The Morgan fingerprint density at radius 1 is 1.32 bits per heavy atom. The van der Waals surface area contributed by atoms with E-state index in [-0.39, 0.29) is 0 Å². The smallest absolute Gasteiger partial charge is 0.191 e. The van der Waals surface area contributed by atoms with Crippen LogP contribution >= 0.6 is 0 Å². The summed E-state index contributed by atoms with van der Waals surface area (Å²) in [6, 6.07) is 1.43. The first-order chi connectivity index (χ1) is 9.10. The number of aliphatic imine (C=N–C) groups is 1.